The van der Waals surface area contributed by atoms with Crippen LogP contribution in [0.4, 0.5) is 4.39 Å². The zero-order valence-corrected chi connectivity index (χ0v) is 16.2. The number of likely N-dealkylation sites (tertiary alicyclic amines) is 1. The third-order valence-corrected chi connectivity index (χ3v) is 8.00. The predicted octanol–water partition coefficient (Wildman–Crippen LogP) is 1.86. The monoisotopic (exact) mass is 384 g/mol. The zero-order chi connectivity index (χ0) is 18.8. The van der Waals surface area contributed by atoms with Gasteiger partial charge in [-0.2, -0.15) is 0 Å². The van der Waals surface area contributed by atoms with Gasteiger partial charge in [0.15, 0.2) is 0 Å². The number of benzene rings is 1. The van der Waals surface area contributed by atoms with Gasteiger partial charge in [0.25, 0.3) is 0 Å². The second-order valence-corrected chi connectivity index (χ2v) is 9.52. The number of hydrazine groups is 1. The van der Waals surface area contributed by atoms with Crippen LogP contribution in [0.3, 0.4) is 0 Å². The molecule has 5 heterocycles. The Hall–Kier alpha value is -1.50. The van der Waals surface area contributed by atoms with Gasteiger partial charge in [-0.05, 0) is 74.7 Å². The van der Waals surface area contributed by atoms with Gasteiger partial charge in [-0.1, -0.05) is 12.1 Å². The van der Waals surface area contributed by atoms with Crippen LogP contribution in [0.1, 0.15) is 43.6 Å². The molecular weight excluding hydrogens is 355 g/mol. The number of piperidine rings is 3. The minimum Gasteiger partial charge on any atom is -0.336 e. The molecule has 0 aromatic heterocycles. The molecule has 5 aliphatic heterocycles. The highest BCUT2D eigenvalue weighted by Crippen LogP contribution is 2.47. The van der Waals surface area contributed by atoms with Crippen LogP contribution in [0.5, 0.6) is 0 Å². The van der Waals surface area contributed by atoms with Gasteiger partial charge >= 0.3 is 0 Å². The molecule has 6 fully saturated rings. The van der Waals surface area contributed by atoms with Crippen LogP contribution in [0.2, 0.25) is 0 Å². The summed E-state index contributed by atoms with van der Waals surface area (Å²) >= 11 is 0. The molecule has 5 saturated heterocycles. The summed E-state index contributed by atoms with van der Waals surface area (Å²) in [7, 11) is 0. The highest BCUT2D eigenvalue weighted by Gasteiger charge is 2.55. The maximum Gasteiger partial charge on any atom is 0.241 e. The first-order valence-corrected chi connectivity index (χ1v) is 11.0. The second kappa shape index (κ2) is 6.51. The van der Waals surface area contributed by atoms with E-state index in [1.807, 2.05) is 12.1 Å². The van der Waals surface area contributed by atoms with Crippen LogP contribution < -0.4 is 10.9 Å². The van der Waals surface area contributed by atoms with Crippen LogP contribution in [-0.2, 0) is 4.79 Å². The van der Waals surface area contributed by atoms with Gasteiger partial charge in [0.05, 0.1) is 6.04 Å². The Morgan fingerprint density at radius 1 is 0.964 bits per heavy atom. The van der Waals surface area contributed by atoms with Crippen LogP contribution in [0.15, 0.2) is 24.3 Å². The summed E-state index contributed by atoms with van der Waals surface area (Å²) in [4.78, 5) is 18.3. The molecule has 2 bridgehead atoms. The van der Waals surface area contributed by atoms with Crippen LogP contribution in [0.25, 0.3) is 0 Å². The van der Waals surface area contributed by atoms with Crippen LogP contribution in [0, 0.1) is 17.7 Å². The maximum atomic E-state index is 13.5. The molecule has 1 saturated carbocycles. The smallest absolute Gasteiger partial charge is 0.241 e. The van der Waals surface area contributed by atoms with Crippen molar-refractivity contribution in [1.82, 2.24) is 20.7 Å². The molecular formula is C22H29FN4O. The molecule has 1 aromatic carbocycles. The van der Waals surface area contributed by atoms with Gasteiger partial charge in [0.2, 0.25) is 5.91 Å². The van der Waals surface area contributed by atoms with Crippen molar-refractivity contribution in [2.24, 2.45) is 11.8 Å². The first kappa shape index (κ1) is 17.4. The van der Waals surface area contributed by atoms with Crippen molar-refractivity contribution in [3.63, 3.8) is 0 Å². The molecule has 1 aliphatic carbocycles. The van der Waals surface area contributed by atoms with E-state index >= 15 is 0 Å². The molecule has 5 atom stereocenters. The summed E-state index contributed by atoms with van der Waals surface area (Å²) < 4.78 is 13.5. The number of fused-ring (bicyclic) bond motifs is 2. The van der Waals surface area contributed by atoms with Crippen molar-refractivity contribution in [3.05, 3.63) is 35.6 Å². The fourth-order valence-corrected chi connectivity index (χ4v) is 6.43. The van der Waals surface area contributed by atoms with Crippen molar-refractivity contribution in [1.29, 1.82) is 0 Å². The summed E-state index contributed by atoms with van der Waals surface area (Å²) in [5.74, 6) is 1.72. The second-order valence-electron chi connectivity index (χ2n) is 9.52. The van der Waals surface area contributed by atoms with Crippen molar-refractivity contribution >= 4 is 5.91 Å². The van der Waals surface area contributed by atoms with Crippen LogP contribution >= 0.6 is 0 Å². The summed E-state index contributed by atoms with van der Waals surface area (Å²) in [6.45, 7) is 3.04. The minimum absolute atomic E-state index is 0.103. The van der Waals surface area contributed by atoms with Gasteiger partial charge in [0, 0.05) is 24.5 Å². The molecule has 7 rings (SSSR count). The van der Waals surface area contributed by atoms with E-state index in [1.165, 1.54) is 31.2 Å². The van der Waals surface area contributed by atoms with Crippen molar-refractivity contribution < 1.29 is 9.18 Å². The first-order valence-electron chi connectivity index (χ1n) is 11.0. The molecule has 2 unspecified atom stereocenters. The Bertz CT molecular complexity index is 758. The van der Waals surface area contributed by atoms with E-state index in [2.05, 4.69) is 20.7 Å². The average Bonchev–Trinajstić information content (AvgIpc) is 3.31. The van der Waals surface area contributed by atoms with E-state index in [0.717, 1.165) is 32.0 Å². The molecule has 150 valence electrons. The molecule has 2 N–H and O–H groups in total. The summed E-state index contributed by atoms with van der Waals surface area (Å²) in [5.41, 5.74) is 7.85. The third kappa shape index (κ3) is 2.72. The normalized spacial score (nSPS) is 42.0. The van der Waals surface area contributed by atoms with E-state index in [-0.39, 0.29) is 23.7 Å². The summed E-state index contributed by atoms with van der Waals surface area (Å²) in [6.07, 6.45) is 5.88. The molecule has 0 spiro atoms. The molecule has 1 amide bonds. The number of halogens is 1. The van der Waals surface area contributed by atoms with Gasteiger partial charge < -0.3 is 4.90 Å². The number of hydrogen-bond donors (Lipinski definition) is 2. The fourth-order valence-electron chi connectivity index (χ4n) is 6.43. The van der Waals surface area contributed by atoms with Crippen molar-refractivity contribution in [3.8, 4) is 0 Å². The fraction of sp³-hybridized carbons (Fsp3) is 0.682. The number of carbonyl (C=O) groups excluding carboxylic acids is 1. The Morgan fingerprint density at radius 3 is 2.43 bits per heavy atom. The summed E-state index contributed by atoms with van der Waals surface area (Å²) in [5, 5.41) is 0. The van der Waals surface area contributed by atoms with Gasteiger partial charge in [-0.15, -0.1) is 0 Å². The SMILES string of the molecule is O=C(C1CC(C2CC2)NN1)N1C[C@H](c2ccc(F)cc2)[C@H]2[C@@H]1C1CCN2CC1. The highest BCUT2D eigenvalue weighted by atomic mass is 19.1. The largest absolute Gasteiger partial charge is 0.336 e. The van der Waals surface area contributed by atoms with Crippen LogP contribution in [-0.4, -0.2) is 59.5 Å². The Morgan fingerprint density at radius 2 is 1.71 bits per heavy atom. The van der Waals surface area contributed by atoms with E-state index in [9.17, 15) is 9.18 Å². The number of rotatable bonds is 3. The molecule has 28 heavy (non-hydrogen) atoms. The average molecular weight is 384 g/mol. The number of nitrogens with one attached hydrogen (secondary N) is 2. The minimum atomic E-state index is -0.191. The topological polar surface area (TPSA) is 47.6 Å². The lowest BCUT2D eigenvalue weighted by Crippen LogP contribution is -2.62. The lowest BCUT2D eigenvalue weighted by Gasteiger charge is -2.51. The Kier molecular flexibility index (Phi) is 4.04. The van der Waals surface area contributed by atoms with E-state index in [4.69, 9.17) is 0 Å². The third-order valence-electron chi connectivity index (χ3n) is 8.00. The standard InChI is InChI=1S/C22H29FN4O/c23-16-5-3-13(4-6-16)17-12-27(20-15-7-9-26(10-8-15)21(17)20)22(28)19-11-18(24-25-19)14-1-2-14/h3-6,14-15,17-21,24-25H,1-2,7-12H2/t17-,18?,19?,20+,21+/m1/s1. The molecule has 5 nitrogen and oxygen atoms in total. The van der Waals surface area contributed by atoms with Gasteiger partial charge in [0.1, 0.15) is 11.9 Å². The zero-order valence-electron chi connectivity index (χ0n) is 16.2. The van der Waals surface area contributed by atoms with Gasteiger partial charge in [-0.25, -0.2) is 9.82 Å². The highest BCUT2D eigenvalue weighted by molar-refractivity contribution is 5.83. The Balaban J connectivity index is 1.28. The Labute approximate surface area is 165 Å². The first-order chi connectivity index (χ1) is 13.7. The molecule has 1 aromatic rings. The molecule has 6 aliphatic rings. The van der Waals surface area contributed by atoms with E-state index in [0.29, 0.717) is 24.0 Å². The lowest BCUT2D eigenvalue weighted by atomic mass is 9.75. The number of nitrogens with zero attached hydrogens (tertiary/aromatic N) is 2. The number of amides is 1. The van der Waals surface area contributed by atoms with E-state index < -0.39 is 0 Å². The maximum absolute atomic E-state index is 13.5. The van der Waals surface area contributed by atoms with Gasteiger partial charge in [-0.3, -0.25) is 15.1 Å². The van der Waals surface area contributed by atoms with E-state index in [1.54, 1.807) is 12.1 Å². The number of carbonyl (C=O) groups is 1. The lowest BCUT2D eigenvalue weighted by molar-refractivity contribution is -0.138. The predicted molar refractivity (Wildman–Crippen MR) is 104 cm³/mol. The van der Waals surface area contributed by atoms with Crippen molar-refractivity contribution in [2.45, 2.75) is 62.2 Å². The molecule has 0 radical (unpaired) electrons. The van der Waals surface area contributed by atoms with Crippen molar-refractivity contribution in [2.75, 3.05) is 19.6 Å². The number of hydrogen-bond acceptors (Lipinski definition) is 4. The summed E-state index contributed by atoms with van der Waals surface area (Å²) in [6, 6.07) is 8.02. The molecule has 6 heteroatoms. The quantitative estimate of drug-likeness (QED) is 0.835.